The lowest BCUT2D eigenvalue weighted by atomic mass is 10.1. The number of halogens is 1. The smallest absolute Gasteiger partial charge is 0.257 e. The van der Waals surface area contributed by atoms with Gasteiger partial charge in [0.15, 0.2) is 0 Å². The lowest BCUT2D eigenvalue weighted by Gasteiger charge is -2.36. The quantitative estimate of drug-likeness (QED) is 0.452. The van der Waals surface area contributed by atoms with Crippen LogP contribution in [0.3, 0.4) is 0 Å². The number of aliphatic hydroxyl groups excluding tert-OH is 1. The summed E-state index contributed by atoms with van der Waals surface area (Å²) in [7, 11) is 1.62. The molecule has 0 aromatic heterocycles. The number of piperazine rings is 1. The SMILES string of the molecule is COc1ccc(C2Sc3cc(Cl)ccc3N(CCCN3CCN(c4ccccc4)CC3)C(=O)C2O)cc1. The third-order valence-corrected chi connectivity index (χ3v) is 8.67. The minimum absolute atomic E-state index is 0.275. The molecular weight excluding hydrogens is 506 g/mol. The molecule has 1 amide bonds. The van der Waals surface area contributed by atoms with E-state index >= 15 is 0 Å². The van der Waals surface area contributed by atoms with E-state index in [0.717, 1.165) is 61.0 Å². The number of aliphatic hydroxyl groups is 1. The molecule has 3 aromatic rings. The first-order valence-corrected chi connectivity index (χ1v) is 13.9. The average molecular weight is 538 g/mol. The number of anilines is 2. The van der Waals surface area contributed by atoms with Crippen LogP contribution >= 0.6 is 23.4 Å². The highest BCUT2D eigenvalue weighted by molar-refractivity contribution is 7.99. The van der Waals surface area contributed by atoms with E-state index in [9.17, 15) is 9.90 Å². The van der Waals surface area contributed by atoms with Crippen LogP contribution in [-0.2, 0) is 4.79 Å². The number of methoxy groups -OCH3 is 1. The second-order valence-electron chi connectivity index (χ2n) is 9.38. The number of carbonyl (C=O) groups excluding carboxylic acids is 1. The Morgan fingerprint density at radius 1 is 0.973 bits per heavy atom. The molecule has 0 saturated carbocycles. The molecule has 1 saturated heterocycles. The Hall–Kier alpha value is -2.71. The van der Waals surface area contributed by atoms with Crippen LogP contribution in [0.1, 0.15) is 17.2 Å². The van der Waals surface area contributed by atoms with Crippen molar-refractivity contribution in [3.05, 3.63) is 83.4 Å². The van der Waals surface area contributed by atoms with E-state index in [1.54, 1.807) is 12.0 Å². The number of ether oxygens (including phenoxy) is 1. The van der Waals surface area contributed by atoms with Gasteiger partial charge in [0.05, 0.1) is 18.0 Å². The zero-order valence-corrected chi connectivity index (χ0v) is 22.5. The summed E-state index contributed by atoms with van der Waals surface area (Å²) in [6.07, 6.45) is -0.344. The molecular formula is C29H32ClN3O3S. The summed E-state index contributed by atoms with van der Waals surface area (Å²) < 4.78 is 5.27. The Labute approximate surface area is 227 Å². The van der Waals surface area contributed by atoms with Gasteiger partial charge in [-0.1, -0.05) is 41.9 Å². The summed E-state index contributed by atoms with van der Waals surface area (Å²) >= 11 is 7.82. The predicted molar refractivity (Wildman–Crippen MR) is 151 cm³/mol. The normalized spacial score (nSPS) is 20.5. The second-order valence-corrected chi connectivity index (χ2v) is 11.0. The number of para-hydroxylation sites is 1. The van der Waals surface area contributed by atoms with Gasteiger partial charge in [0.1, 0.15) is 11.9 Å². The van der Waals surface area contributed by atoms with Gasteiger partial charge in [-0.15, -0.1) is 11.8 Å². The summed E-state index contributed by atoms with van der Waals surface area (Å²) in [4.78, 5) is 21.1. The third-order valence-electron chi connectivity index (χ3n) is 7.07. The molecule has 2 atom stereocenters. The van der Waals surface area contributed by atoms with Gasteiger partial charge in [0.2, 0.25) is 0 Å². The lowest BCUT2D eigenvalue weighted by Crippen LogP contribution is -2.47. The van der Waals surface area contributed by atoms with Crippen LogP contribution in [0.5, 0.6) is 5.75 Å². The van der Waals surface area contributed by atoms with Crippen molar-refractivity contribution in [3.63, 3.8) is 0 Å². The molecule has 5 rings (SSSR count). The molecule has 2 unspecified atom stereocenters. The van der Waals surface area contributed by atoms with Crippen molar-refractivity contribution < 1.29 is 14.6 Å². The molecule has 0 bridgehead atoms. The fourth-order valence-corrected chi connectivity index (χ4v) is 6.55. The van der Waals surface area contributed by atoms with Gasteiger partial charge in [-0.25, -0.2) is 0 Å². The lowest BCUT2D eigenvalue weighted by molar-refractivity contribution is -0.126. The fraction of sp³-hybridized carbons (Fsp3) is 0.345. The maximum Gasteiger partial charge on any atom is 0.257 e. The molecule has 2 aliphatic heterocycles. The van der Waals surface area contributed by atoms with E-state index < -0.39 is 11.4 Å². The molecule has 0 aliphatic carbocycles. The number of hydrogen-bond acceptors (Lipinski definition) is 6. The first-order chi connectivity index (χ1) is 18.0. The van der Waals surface area contributed by atoms with Gasteiger partial charge in [-0.05, 0) is 61.0 Å². The van der Waals surface area contributed by atoms with E-state index in [1.807, 2.05) is 48.5 Å². The van der Waals surface area contributed by atoms with Crippen LogP contribution in [-0.4, -0.2) is 68.4 Å². The second kappa shape index (κ2) is 11.8. The van der Waals surface area contributed by atoms with Crippen LogP contribution < -0.4 is 14.5 Å². The van der Waals surface area contributed by atoms with Crippen molar-refractivity contribution >= 4 is 40.6 Å². The third kappa shape index (κ3) is 5.91. The highest BCUT2D eigenvalue weighted by Gasteiger charge is 2.37. The number of fused-ring (bicyclic) bond motifs is 1. The molecule has 37 heavy (non-hydrogen) atoms. The molecule has 194 valence electrons. The fourth-order valence-electron chi connectivity index (χ4n) is 5.01. The van der Waals surface area contributed by atoms with Gasteiger partial charge in [0, 0.05) is 48.3 Å². The van der Waals surface area contributed by atoms with Gasteiger partial charge in [-0.2, -0.15) is 0 Å². The van der Waals surface area contributed by atoms with Crippen LogP contribution in [0.15, 0.2) is 77.7 Å². The summed E-state index contributed by atoms with van der Waals surface area (Å²) in [5.41, 5.74) is 2.95. The van der Waals surface area contributed by atoms with Crippen molar-refractivity contribution in [3.8, 4) is 5.75 Å². The minimum atomic E-state index is -1.17. The Bertz CT molecular complexity index is 1200. The first kappa shape index (κ1) is 25.9. The predicted octanol–water partition coefficient (Wildman–Crippen LogP) is 5.10. The molecule has 2 heterocycles. The maximum atomic E-state index is 13.6. The zero-order chi connectivity index (χ0) is 25.8. The molecule has 8 heteroatoms. The number of benzene rings is 3. The summed E-state index contributed by atoms with van der Waals surface area (Å²) in [6, 6.07) is 23.6. The monoisotopic (exact) mass is 537 g/mol. The Morgan fingerprint density at radius 2 is 1.70 bits per heavy atom. The highest BCUT2D eigenvalue weighted by atomic mass is 35.5. The average Bonchev–Trinajstić information content (AvgIpc) is 3.04. The standard InChI is InChI=1S/C29H32ClN3O3S/c1-36-24-11-8-21(9-12-24)28-27(34)29(35)33(25-13-10-22(30)20-26(25)37-28)15-5-14-31-16-18-32(19-17-31)23-6-3-2-4-7-23/h2-4,6-13,20,27-28,34H,5,14-19H2,1H3. The molecule has 1 fully saturated rings. The van der Waals surface area contributed by atoms with Crippen LogP contribution in [0, 0.1) is 0 Å². The molecule has 3 aromatic carbocycles. The van der Waals surface area contributed by atoms with Crippen LogP contribution in [0.2, 0.25) is 5.02 Å². The number of amides is 1. The number of nitrogens with zero attached hydrogens (tertiary/aromatic N) is 3. The van der Waals surface area contributed by atoms with Crippen molar-refractivity contribution in [2.24, 2.45) is 0 Å². The summed E-state index contributed by atoms with van der Waals surface area (Å²) in [5.74, 6) is 0.459. The number of thioether (sulfide) groups is 1. The van der Waals surface area contributed by atoms with E-state index in [0.29, 0.717) is 11.6 Å². The van der Waals surface area contributed by atoms with Crippen molar-refractivity contribution in [2.75, 3.05) is 56.2 Å². The molecule has 1 N–H and O–H groups in total. The summed E-state index contributed by atoms with van der Waals surface area (Å²) in [5, 5.41) is 11.4. The molecule has 0 spiro atoms. The van der Waals surface area contributed by atoms with E-state index in [4.69, 9.17) is 16.3 Å². The Morgan fingerprint density at radius 3 is 2.41 bits per heavy atom. The summed E-state index contributed by atoms with van der Waals surface area (Å²) in [6.45, 7) is 5.42. The number of hydrogen-bond donors (Lipinski definition) is 1. The Kier molecular flexibility index (Phi) is 8.25. The van der Waals surface area contributed by atoms with Crippen molar-refractivity contribution in [2.45, 2.75) is 22.7 Å². The van der Waals surface area contributed by atoms with E-state index in [-0.39, 0.29) is 5.91 Å². The highest BCUT2D eigenvalue weighted by Crippen LogP contribution is 2.46. The van der Waals surface area contributed by atoms with Crippen LogP contribution in [0.25, 0.3) is 0 Å². The molecule has 6 nitrogen and oxygen atoms in total. The van der Waals surface area contributed by atoms with Crippen LogP contribution in [0.4, 0.5) is 11.4 Å². The van der Waals surface area contributed by atoms with Gasteiger partial charge >= 0.3 is 0 Å². The van der Waals surface area contributed by atoms with E-state index in [1.165, 1.54) is 17.4 Å². The minimum Gasteiger partial charge on any atom is -0.497 e. The molecule has 0 radical (unpaired) electrons. The zero-order valence-electron chi connectivity index (χ0n) is 20.9. The first-order valence-electron chi connectivity index (χ1n) is 12.7. The molecule has 2 aliphatic rings. The largest absolute Gasteiger partial charge is 0.497 e. The van der Waals surface area contributed by atoms with Gasteiger partial charge in [-0.3, -0.25) is 9.69 Å². The van der Waals surface area contributed by atoms with Gasteiger partial charge < -0.3 is 19.6 Å². The van der Waals surface area contributed by atoms with Crippen molar-refractivity contribution in [1.82, 2.24) is 4.90 Å². The topological polar surface area (TPSA) is 56.2 Å². The Balaban J connectivity index is 1.26. The van der Waals surface area contributed by atoms with Crippen molar-refractivity contribution in [1.29, 1.82) is 0 Å². The van der Waals surface area contributed by atoms with E-state index in [2.05, 4.69) is 34.1 Å². The maximum absolute atomic E-state index is 13.6. The number of rotatable bonds is 7. The van der Waals surface area contributed by atoms with Gasteiger partial charge in [0.25, 0.3) is 5.91 Å². The number of carbonyl (C=O) groups is 1.